The standard InChI is InChI=1S/C20H26N4O/c1-3-8-18-23-17-14-22-16-10-6-5-9-15(16)20(17)24(18)13-7-11-19(25)21-12-4-2/h5-6,9-10,14H,3-4,7-8,11-13H2,1-2H3,(H,21,25). The first-order chi connectivity index (χ1) is 12.2. The average molecular weight is 338 g/mol. The summed E-state index contributed by atoms with van der Waals surface area (Å²) in [5.41, 5.74) is 3.07. The van der Waals surface area contributed by atoms with E-state index in [0.29, 0.717) is 6.42 Å². The number of hydrogen-bond donors (Lipinski definition) is 1. The van der Waals surface area contributed by atoms with E-state index in [-0.39, 0.29) is 5.91 Å². The van der Waals surface area contributed by atoms with Crippen molar-refractivity contribution in [2.24, 2.45) is 0 Å². The van der Waals surface area contributed by atoms with Gasteiger partial charge in [-0.05, 0) is 25.3 Å². The van der Waals surface area contributed by atoms with Gasteiger partial charge < -0.3 is 9.88 Å². The van der Waals surface area contributed by atoms with Gasteiger partial charge in [0.2, 0.25) is 5.91 Å². The van der Waals surface area contributed by atoms with Crippen LogP contribution in [0.1, 0.15) is 45.4 Å². The Morgan fingerprint density at radius 2 is 2.00 bits per heavy atom. The van der Waals surface area contributed by atoms with Gasteiger partial charge in [0, 0.05) is 31.3 Å². The van der Waals surface area contributed by atoms with Crippen LogP contribution in [0, 0.1) is 0 Å². The SMILES string of the molecule is CCCNC(=O)CCCn1c(CCC)nc2cnc3ccccc3c21. The smallest absolute Gasteiger partial charge is 0.220 e. The van der Waals surface area contributed by atoms with E-state index in [1.165, 1.54) is 0 Å². The number of rotatable bonds is 8. The highest BCUT2D eigenvalue weighted by Gasteiger charge is 2.14. The van der Waals surface area contributed by atoms with Crippen molar-refractivity contribution in [2.45, 2.75) is 52.5 Å². The minimum absolute atomic E-state index is 0.134. The van der Waals surface area contributed by atoms with Crippen LogP contribution in [0.5, 0.6) is 0 Å². The lowest BCUT2D eigenvalue weighted by molar-refractivity contribution is -0.121. The highest BCUT2D eigenvalue weighted by Crippen LogP contribution is 2.25. The molecular weight excluding hydrogens is 312 g/mol. The fourth-order valence-electron chi connectivity index (χ4n) is 3.22. The topological polar surface area (TPSA) is 59.8 Å². The number of para-hydroxylation sites is 1. The molecule has 2 heterocycles. The molecule has 3 aromatic rings. The van der Waals surface area contributed by atoms with Crippen LogP contribution < -0.4 is 5.32 Å². The number of hydrogen-bond acceptors (Lipinski definition) is 3. The van der Waals surface area contributed by atoms with Crippen molar-refractivity contribution in [2.75, 3.05) is 6.54 Å². The van der Waals surface area contributed by atoms with E-state index in [1.54, 1.807) is 0 Å². The van der Waals surface area contributed by atoms with Crippen LogP contribution in [0.25, 0.3) is 21.9 Å². The number of imidazole rings is 1. The lowest BCUT2D eigenvalue weighted by Crippen LogP contribution is -2.24. The molecule has 1 amide bonds. The first kappa shape index (κ1) is 17.4. The van der Waals surface area contributed by atoms with E-state index in [1.807, 2.05) is 24.4 Å². The summed E-state index contributed by atoms with van der Waals surface area (Å²) in [4.78, 5) is 21.2. The monoisotopic (exact) mass is 338 g/mol. The van der Waals surface area contributed by atoms with Gasteiger partial charge in [0.25, 0.3) is 0 Å². The third kappa shape index (κ3) is 3.81. The summed E-state index contributed by atoms with van der Waals surface area (Å²) in [6, 6.07) is 8.18. The fourth-order valence-corrected chi connectivity index (χ4v) is 3.22. The molecule has 0 unspecified atom stereocenters. The maximum atomic E-state index is 11.9. The number of benzene rings is 1. The van der Waals surface area contributed by atoms with Gasteiger partial charge in [0.05, 0.1) is 17.2 Å². The molecule has 0 fully saturated rings. The third-order valence-electron chi connectivity index (χ3n) is 4.39. The zero-order valence-electron chi connectivity index (χ0n) is 15.1. The number of aromatic nitrogens is 3. The number of aryl methyl sites for hydroxylation is 2. The molecule has 25 heavy (non-hydrogen) atoms. The van der Waals surface area contributed by atoms with E-state index in [2.05, 4.69) is 34.8 Å². The summed E-state index contributed by atoms with van der Waals surface area (Å²) in [5, 5.41) is 4.08. The number of pyridine rings is 1. The van der Waals surface area contributed by atoms with Gasteiger partial charge in [0.15, 0.2) is 0 Å². The molecule has 1 aromatic carbocycles. The summed E-state index contributed by atoms with van der Waals surface area (Å²) in [5.74, 6) is 1.22. The molecule has 0 saturated heterocycles. The Kier molecular flexibility index (Phi) is 5.64. The van der Waals surface area contributed by atoms with Gasteiger partial charge in [-0.1, -0.05) is 32.0 Å². The quantitative estimate of drug-likeness (QED) is 0.679. The van der Waals surface area contributed by atoms with Crippen molar-refractivity contribution in [1.29, 1.82) is 0 Å². The predicted molar refractivity (Wildman–Crippen MR) is 102 cm³/mol. The first-order valence-corrected chi connectivity index (χ1v) is 9.24. The molecule has 0 aliphatic rings. The predicted octanol–water partition coefficient (Wildman–Crippen LogP) is 3.84. The van der Waals surface area contributed by atoms with Gasteiger partial charge >= 0.3 is 0 Å². The molecule has 2 aromatic heterocycles. The second-order valence-corrected chi connectivity index (χ2v) is 6.39. The lowest BCUT2D eigenvalue weighted by Gasteiger charge is -2.10. The molecule has 0 bridgehead atoms. The number of fused-ring (bicyclic) bond motifs is 3. The highest BCUT2D eigenvalue weighted by atomic mass is 16.1. The Bertz CT molecular complexity index is 869. The highest BCUT2D eigenvalue weighted by molar-refractivity contribution is 6.02. The van der Waals surface area contributed by atoms with Crippen molar-refractivity contribution in [3.63, 3.8) is 0 Å². The van der Waals surface area contributed by atoms with Crippen molar-refractivity contribution < 1.29 is 4.79 Å². The van der Waals surface area contributed by atoms with Gasteiger partial charge in [0.1, 0.15) is 11.3 Å². The Labute approximate surface area is 148 Å². The van der Waals surface area contributed by atoms with Gasteiger partial charge in [-0.25, -0.2) is 4.98 Å². The van der Waals surface area contributed by atoms with Crippen molar-refractivity contribution in [1.82, 2.24) is 19.9 Å². The summed E-state index contributed by atoms with van der Waals surface area (Å²) < 4.78 is 2.29. The molecule has 0 radical (unpaired) electrons. The molecule has 3 rings (SSSR count). The van der Waals surface area contributed by atoms with Crippen LogP contribution in [-0.2, 0) is 17.8 Å². The van der Waals surface area contributed by atoms with E-state index in [0.717, 1.165) is 66.5 Å². The van der Waals surface area contributed by atoms with Gasteiger partial charge in [-0.2, -0.15) is 0 Å². The molecule has 5 heteroatoms. The lowest BCUT2D eigenvalue weighted by atomic mass is 10.2. The van der Waals surface area contributed by atoms with Crippen LogP contribution in [0.15, 0.2) is 30.5 Å². The molecule has 132 valence electrons. The minimum Gasteiger partial charge on any atom is -0.356 e. The summed E-state index contributed by atoms with van der Waals surface area (Å²) in [6.07, 6.45) is 6.18. The summed E-state index contributed by atoms with van der Waals surface area (Å²) in [7, 11) is 0. The second kappa shape index (κ2) is 8.10. The van der Waals surface area contributed by atoms with Crippen molar-refractivity contribution in [3.8, 4) is 0 Å². The van der Waals surface area contributed by atoms with E-state index >= 15 is 0 Å². The number of carbonyl (C=O) groups is 1. The molecule has 0 spiro atoms. The Hall–Kier alpha value is -2.43. The van der Waals surface area contributed by atoms with Crippen LogP contribution in [0.4, 0.5) is 0 Å². The number of nitrogens with zero attached hydrogens (tertiary/aromatic N) is 3. The molecule has 0 atom stereocenters. The van der Waals surface area contributed by atoms with Crippen molar-refractivity contribution in [3.05, 3.63) is 36.3 Å². The molecule has 0 saturated carbocycles. The Balaban J connectivity index is 1.90. The van der Waals surface area contributed by atoms with Crippen LogP contribution in [0.3, 0.4) is 0 Å². The van der Waals surface area contributed by atoms with Gasteiger partial charge in [-0.3, -0.25) is 9.78 Å². The van der Waals surface area contributed by atoms with Crippen LogP contribution >= 0.6 is 0 Å². The Morgan fingerprint density at radius 1 is 1.16 bits per heavy atom. The minimum atomic E-state index is 0.134. The zero-order valence-corrected chi connectivity index (χ0v) is 15.1. The van der Waals surface area contributed by atoms with E-state index in [9.17, 15) is 4.79 Å². The maximum Gasteiger partial charge on any atom is 0.220 e. The normalized spacial score (nSPS) is 11.3. The average Bonchev–Trinajstić information content (AvgIpc) is 2.98. The Morgan fingerprint density at radius 3 is 2.80 bits per heavy atom. The fraction of sp³-hybridized carbons (Fsp3) is 0.450. The summed E-state index contributed by atoms with van der Waals surface area (Å²) >= 11 is 0. The summed E-state index contributed by atoms with van der Waals surface area (Å²) in [6.45, 7) is 5.79. The second-order valence-electron chi connectivity index (χ2n) is 6.39. The van der Waals surface area contributed by atoms with Crippen LogP contribution in [-0.4, -0.2) is 27.0 Å². The first-order valence-electron chi connectivity index (χ1n) is 9.24. The molecule has 5 nitrogen and oxygen atoms in total. The molecule has 0 aliphatic heterocycles. The largest absolute Gasteiger partial charge is 0.356 e. The van der Waals surface area contributed by atoms with Crippen molar-refractivity contribution >= 4 is 27.8 Å². The number of nitrogens with one attached hydrogen (secondary N) is 1. The van der Waals surface area contributed by atoms with Crippen LogP contribution in [0.2, 0.25) is 0 Å². The number of carbonyl (C=O) groups excluding carboxylic acids is 1. The third-order valence-corrected chi connectivity index (χ3v) is 4.39. The molecular formula is C20H26N4O. The number of amides is 1. The molecule has 1 N–H and O–H groups in total. The van der Waals surface area contributed by atoms with Gasteiger partial charge in [-0.15, -0.1) is 0 Å². The van der Waals surface area contributed by atoms with E-state index < -0.39 is 0 Å². The van der Waals surface area contributed by atoms with E-state index in [4.69, 9.17) is 4.98 Å². The zero-order chi connectivity index (χ0) is 17.6. The molecule has 0 aliphatic carbocycles. The maximum absolute atomic E-state index is 11.9.